The van der Waals surface area contributed by atoms with Gasteiger partial charge in [0.1, 0.15) is 5.60 Å². The van der Waals surface area contributed by atoms with Crippen LogP contribution in [-0.4, -0.2) is 18.5 Å². The Hall–Kier alpha value is -1.36. The van der Waals surface area contributed by atoms with Gasteiger partial charge < -0.3 is 4.74 Å². The van der Waals surface area contributed by atoms with Crippen molar-refractivity contribution in [3.8, 4) is 0 Å². The molecule has 1 aromatic carbocycles. The first-order chi connectivity index (χ1) is 8.87. The van der Waals surface area contributed by atoms with Gasteiger partial charge in [-0.15, -0.1) is 0 Å². The van der Waals surface area contributed by atoms with Crippen LogP contribution in [0.5, 0.6) is 0 Å². The summed E-state index contributed by atoms with van der Waals surface area (Å²) in [5.74, 6) is -0.0546. The molecule has 1 aliphatic carbocycles. The van der Waals surface area contributed by atoms with Crippen LogP contribution >= 0.6 is 0 Å². The van der Waals surface area contributed by atoms with E-state index >= 15 is 0 Å². The molecule has 0 atom stereocenters. The number of alkyl halides is 3. The predicted octanol–water partition coefficient (Wildman–Crippen LogP) is 3.39. The third-order valence-electron chi connectivity index (χ3n) is 3.71. The van der Waals surface area contributed by atoms with Gasteiger partial charge in [0, 0.05) is 13.5 Å². The molecule has 1 saturated carbocycles. The average Bonchev–Trinajstić information content (AvgIpc) is 2.27. The fraction of sp³-hybridized carbons (Fsp3) is 0.500. The number of methoxy groups -OCH3 is 1. The van der Waals surface area contributed by atoms with Crippen LogP contribution in [0.1, 0.15) is 30.4 Å². The van der Waals surface area contributed by atoms with E-state index in [0.29, 0.717) is 18.4 Å². The number of carbonyl (C=O) groups excluding carboxylic acids is 1. The summed E-state index contributed by atoms with van der Waals surface area (Å²) < 4.78 is 42.5. The molecule has 104 valence electrons. The van der Waals surface area contributed by atoms with Crippen molar-refractivity contribution >= 4 is 5.78 Å². The lowest BCUT2D eigenvalue weighted by Crippen LogP contribution is -2.47. The van der Waals surface area contributed by atoms with Crippen LogP contribution in [0.2, 0.25) is 0 Å². The van der Waals surface area contributed by atoms with Gasteiger partial charge in [-0.05, 0) is 37.0 Å². The molecule has 0 heterocycles. The fourth-order valence-electron chi connectivity index (χ4n) is 2.25. The maximum absolute atomic E-state index is 12.4. The first-order valence-electron chi connectivity index (χ1n) is 6.12. The predicted molar refractivity (Wildman–Crippen MR) is 63.7 cm³/mol. The molecule has 0 spiro atoms. The zero-order valence-corrected chi connectivity index (χ0v) is 10.6. The van der Waals surface area contributed by atoms with Crippen molar-refractivity contribution in [2.45, 2.75) is 37.5 Å². The number of ketones is 1. The van der Waals surface area contributed by atoms with Crippen molar-refractivity contribution in [3.05, 3.63) is 35.4 Å². The lowest BCUT2D eigenvalue weighted by molar-refractivity contribution is -0.151. The lowest BCUT2D eigenvalue weighted by Gasteiger charge is -2.38. The van der Waals surface area contributed by atoms with Gasteiger partial charge in [-0.2, -0.15) is 13.2 Å². The number of rotatable bonds is 4. The lowest BCUT2D eigenvalue weighted by atomic mass is 9.75. The molecule has 2 rings (SSSR count). The van der Waals surface area contributed by atoms with Crippen LogP contribution in [-0.2, 0) is 22.1 Å². The highest BCUT2D eigenvalue weighted by atomic mass is 19.4. The van der Waals surface area contributed by atoms with Gasteiger partial charge in [-0.3, -0.25) is 4.79 Å². The van der Waals surface area contributed by atoms with E-state index in [1.165, 1.54) is 19.2 Å². The van der Waals surface area contributed by atoms with E-state index in [-0.39, 0.29) is 12.2 Å². The molecule has 19 heavy (non-hydrogen) atoms. The molecule has 5 heteroatoms. The Bertz CT molecular complexity index is 453. The van der Waals surface area contributed by atoms with Crippen molar-refractivity contribution in [3.63, 3.8) is 0 Å². The summed E-state index contributed by atoms with van der Waals surface area (Å²) in [5, 5.41) is 0. The summed E-state index contributed by atoms with van der Waals surface area (Å²) >= 11 is 0. The van der Waals surface area contributed by atoms with E-state index in [1.807, 2.05) is 0 Å². The number of halogens is 3. The van der Waals surface area contributed by atoms with E-state index in [2.05, 4.69) is 0 Å². The van der Waals surface area contributed by atoms with Crippen molar-refractivity contribution in [2.24, 2.45) is 0 Å². The third kappa shape index (κ3) is 2.81. The summed E-state index contributed by atoms with van der Waals surface area (Å²) in [6.07, 6.45) is -1.88. The van der Waals surface area contributed by atoms with E-state index < -0.39 is 17.3 Å². The van der Waals surface area contributed by atoms with Crippen molar-refractivity contribution < 1.29 is 22.7 Å². The highest BCUT2D eigenvalue weighted by molar-refractivity contribution is 5.90. The molecule has 0 unspecified atom stereocenters. The monoisotopic (exact) mass is 272 g/mol. The molecule has 0 radical (unpaired) electrons. The van der Waals surface area contributed by atoms with Crippen molar-refractivity contribution in [1.29, 1.82) is 0 Å². The average molecular weight is 272 g/mol. The van der Waals surface area contributed by atoms with Gasteiger partial charge in [0.25, 0.3) is 0 Å². The van der Waals surface area contributed by atoms with E-state index in [1.54, 1.807) is 0 Å². The van der Waals surface area contributed by atoms with Crippen LogP contribution in [0.15, 0.2) is 24.3 Å². The Labute approximate surface area is 109 Å². The number of benzene rings is 1. The first-order valence-corrected chi connectivity index (χ1v) is 6.12. The second-order valence-electron chi connectivity index (χ2n) is 4.85. The van der Waals surface area contributed by atoms with Gasteiger partial charge in [0.15, 0.2) is 5.78 Å². The second-order valence-corrected chi connectivity index (χ2v) is 4.85. The minimum absolute atomic E-state index is 0.0546. The number of Topliss-reactive ketones (excluding diaryl/α,β-unsaturated/α-hetero) is 1. The SMILES string of the molecule is COC1(C(=O)Cc2ccc(C(F)(F)F)cc2)CCC1. The van der Waals surface area contributed by atoms with Crippen molar-refractivity contribution in [2.75, 3.05) is 7.11 Å². The largest absolute Gasteiger partial charge is 0.416 e. The molecule has 0 saturated heterocycles. The third-order valence-corrected chi connectivity index (χ3v) is 3.71. The first kappa shape index (κ1) is 14.1. The number of hydrogen-bond acceptors (Lipinski definition) is 2. The number of ether oxygens (including phenoxy) is 1. The van der Waals surface area contributed by atoms with Crippen LogP contribution in [0.4, 0.5) is 13.2 Å². The highest BCUT2D eigenvalue weighted by Crippen LogP contribution is 2.37. The Kier molecular flexibility index (Phi) is 3.67. The van der Waals surface area contributed by atoms with E-state index in [0.717, 1.165) is 18.6 Å². The van der Waals surface area contributed by atoms with Crippen molar-refractivity contribution in [1.82, 2.24) is 0 Å². The van der Waals surface area contributed by atoms with Gasteiger partial charge in [0.05, 0.1) is 5.56 Å². The molecule has 0 amide bonds. The fourth-order valence-corrected chi connectivity index (χ4v) is 2.25. The zero-order chi connectivity index (χ0) is 14.1. The molecule has 0 aliphatic heterocycles. The number of hydrogen-bond donors (Lipinski definition) is 0. The summed E-state index contributed by atoms with van der Waals surface area (Å²) in [7, 11) is 1.50. The topological polar surface area (TPSA) is 26.3 Å². The smallest absolute Gasteiger partial charge is 0.370 e. The summed E-state index contributed by atoms with van der Waals surface area (Å²) in [5.41, 5.74) is -0.821. The molecule has 1 fully saturated rings. The molecule has 1 aliphatic rings. The van der Waals surface area contributed by atoms with Gasteiger partial charge >= 0.3 is 6.18 Å². The Morgan fingerprint density at radius 1 is 1.26 bits per heavy atom. The van der Waals surface area contributed by atoms with Crippen LogP contribution < -0.4 is 0 Å². The summed E-state index contributed by atoms with van der Waals surface area (Å²) in [6, 6.07) is 4.71. The molecule has 1 aromatic rings. The maximum Gasteiger partial charge on any atom is 0.416 e. The van der Waals surface area contributed by atoms with Crippen LogP contribution in [0.25, 0.3) is 0 Å². The molecular weight excluding hydrogens is 257 g/mol. The second kappa shape index (κ2) is 4.96. The summed E-state index contributed by atoms with van der Waals surface area (Å²) in [6.45, 7) is 0. The molecule has 0 aromatic heterocycles. The van der Waals surface area contributed by atoms with Crippen LogP contribution in [0.3, 0.4) is 0 Å². The maximum atomic E-state index is 12.4. The van der Waals surface area contributed by atoms with E-state index in [4.69, 9.17) is 4.74 Å². The normalized spacial score (nSPS) is 17.9. The van der Waals surface area contributed by atoms with Crippen LogP contribution in [0, 0.1) is 0 Å². The highest BCUT2D eigenvalue weighted by Gasteiger charge is 2.43. The quantitative estimate of drug-likeness (QED) is 0.839. The molecule has 0 bridgehead atoms. The van der Waals surface area contributed by atoms with Gasteiger partial charge in [-0.1, -0.05) is 12.1 Å². The molecule has 2 nitrogen and oxygen atoms in total. The minimum atomic E-state index is -4.34. The Balaban J connectivity index is 2.06. The molecule has 0 N–H and O–H groups in total. The zero-order valence-electron chi connectivity index (χ0n) is 10.6. The standard InChI is InChI=1S/C14H15F3O2/c1-19-13(7-2-8-13)12(18)9-10-3-5-11(6-4-10)14(15,16)17/h3-6H,2,7-9H2,1H3. The Morgan fingerprint density at radius 2 is 1.84 bits per heavy atom. The minimum Gasteiger partial charge on any atom is -0.370 e. The van der Waals surface area contributed by atoms with Gasteiger partial charge in [-0.25, -0.2) is 0 Å². The Morgan fingerprint density at radius 3 is 2.21 bits per heavy atom. The summed E-state index contributed by atoms with van der Waals surface area (Å²) in [4.78, 5) is 12.1. The number of carbonyl (C=O) groups is 1. The van der Waals surface area contributed by atoms with E-state index in [9.17, 15) is 18.0 Å². The molecular formula is C14H15F3O2. The van der Waals surface area contributed by atoms with Gasteiger partial charge in [0.2, 0.25) is 0 Å².